The summed E-state index contributed by atoms with van der Waals surface area (Å²) in [5.41, 5.74) is 1.27. The van der Waals surface area contributed by atoms with E-state index in [4.69, 9.17) is 5.41 Å². The van der Waals surface area contributed by atoms with Crippen molar-refractivity contribution in [2.75, 3.05) is 7.05 Å². The van der Waals surface area contributed by atoms with E-state index in [0.29, 0.717) is 12.1 Å². The summed E-state index contributed by atoms with van der Waals surface area (Å²) in [6.07, 6.45) is 0.605. The first-order valence-electron chi connectivity index (χ1n) is 5.04. The summed E-state index contributed by atoms with van der Waals surface area (Å²) in [6, 6.07) is 6.30. The van der Waals surface area contributed by atoms with Crippen molar-refractivity contribution in [3.05, 3.63) is 39.9 Å². The van der Waals surface area contributed by atoms with Gasteiger partial charge in [-0.05, 0) is 31.7 Å². The molecule has 0 fully saturated rings. The van der Waals surface area contributed by atoms with E-state index in [-0.39, 0.29) is 11.7 Å². The smallest absolute Gasteiger partial charge is 0.269 e. The summed E-state index contributed by atoms with van der Waals surface area (Å²) in [7, 11) is 1.84. The van der Waals surface area contributed by atoms with Crippen LogP contribution in [0.4, 0.5) is 5.69 Å². The Hall–Kier alpha value is -1.75. The number of nitro benzene ring substituents is 1. The predicted molar refractivity (Wildman–Crippen MR) is 63.1 cm³/mol. The minimum absolute atomic E-state index is 0.0539. The Labute approximate surface area is 94.1 Å². The molecule has 0 amide bonds. The number of rotatable bonds is 5. The second-order valence-electron chi connectivity index (χ2n) is 3.68. The Morgan fingerprint density at radius 1 is 1.50 bits per heavy atom. The third kappa shape index (κ3) is 3.13. The molecule has 0 saturated carbocycles. The number of hydrogen-bond acceptors (Lipinski definition) is 4. The summed E-state index contributed by atoms with van der Waals surface area (Å²) in [5.74, 6) is 0. The van der Waals surface area contributed by atoms with Gasteiger partial charge in [0.2, 0.25) is 0 Å². The van der Waals surface area contributed by atoms with Crippen LogP contribution in [0, 0.1) is 15.5 Å². The molecule has 0 aliphatic rings. The van der Waals surface area contributed by atoms with Crippen molar-refractivity contribution in [2.45, 2.75) is 19.4 Å². The van der Waals surface area contributed by atoms with Crippen molar-refractivity contribution in [3.8, 4) is 0 Å². The lowest BCUT2D eigenvalue weighted by Crippen LogP contribution is -2.24. The second-order valence-corrected chi connectivity index (χ2v) is 3.68. The molecule has 86 valence electrons. The van der Waals surface area contributed by atoms with Crippen molar-refractivity contribution < 1.29 is 4.92 Å². The van der Waals surface area contributed by atoms with Crippen LogP contribution >= 0.6 is 0 Å². The van der Waals surface area contributed by atoms with Crippen LogP contribution in [0.5, 0.6) is 0 Å². The van der Waals surface area contributed by atoms with E-state index in [1.165, 1.54) is 12.1 Å². The van der Waals surface area contributed by atoms with Crippen LogP contribution in [0.25, 0.3) is 0 Å². The monoisotopic (exact) mass is 221 g/mol. The van der Waals surface area contributed by atoms with Gasteiger partial charge in [-0.15, -0.1) is 0 Å². The first-order valence-corrected chi connectivity index (χ1v) is 5.04. The van der Waals surface area contributed by atoms with E-state index in [1.54, 1.807) is 12.1 Å². The first kappa shape index (κ1) is 12.3. The molecule has 0 unspecified atom stereocenters. The van der Waals surface area contributed by atoms with Crippen molar-refractivity contribution in [1.29, 1.82) is 5.41 Å². The summed E-state index contributed by atoms with van der Waals surface area (Å²) in [4.78, 5) is 10.0. The van der Waals surface area contributed by atoms with Gasteiger partial charge in [0.15, 0.2) is 0 Å². The summed E-state index contributed by atoms with van der Waals surface area (Å²) in [6.45, 7) is 1.99. The van der Waals surface area contributed by atoms with E-state index in [9.17, 15) is 10.1 Å². The molecule has 16 heavy (non-hydrogen) atoms. The molecular weight excluding hydrogens is 206 g/mol. The van der Waals surface area contributed by atoms with Crippen LogP contribution in [0.1, 0.15) is 18.9 Å². The fourth-order valence-corrected chi connectivity index (χ4v) is 1.31. The largest absolute Gasteiger partial charge is 0.317 e. The lowest BCUT2D eigenvalue weighted by Gasteiger charge is -2.10. The van der Waals surface area contributed by atoms with Gasteiger partial charge in [-0.3, -0.25) is 10.1 Å². The second kappa shape index (κ2) is 5.37. The lowest BCUT2D eigenvalue weighted by atomic mass is 10.0. The number of non-ortho nitro benzene ring substituents is 1. The van der Waals surface area contributed by atoms with Crippen molar-refractivity contribution in [2.24, 2.45) is 0 Å². The molecule has 1 atom stereocenters. The maximum absolute atomic E-state index is 10.4. The van der Waals surface area contributed by atoms with E-state index >= 15 is 0 Å². The number of hydrogen-bond donors (Lipinski definition) is 2. The van der Waals surface area contributed by atoms with Gasteiger partial charge in [-0.2, -0.15) is 0 Å². The van der Waals surface area contributed by atoms with Crippen LogP contribution in [0.2, 0.25) is 0 Å². The van der Waals surface area contributed by atoms with E-state index < -0.39 is 4.92 Å². The van der Waals surface area contributed by atoms with Crippen LogP contribution in [0.15, 0.2) is 24.3 Å². The quantitative estimate of drug-likeness (QED) is 0.453. The minimum atomic E-state index is -0.441. The standard InChI is InChI=1S/C11H15N3O2/c1-8(13-2)7-11(12)9-3-5-10(6-4-9)14(15)16/h3-6,8,12-13H,7H2,1-2H3/t8-/m1/s1. The van der Waals surface area contributed by atoms with Gasteiger partial charge in [-0.1, -0.05) is 0 Å². The van der Waals surface area contributed by atoms with Crippen molar-refractivity contribution in [1.82, 2.24) is 5.32 Å². The molecule has 0 spiro atoms. The molecule has 5 nitrogen and oxygen atoms in total. The average Bonchev–Trinajstić information content (AvgIpc) is 2.28. The normalized spacial score (nSPS) is 12.1. The predicted octanol–water partition coefficient (Wildman–Crippen LogP) is 1.96. The maximum atomic E-state index is 10.4. The molecule has 0 aromatic heterocycles. The van der Waals surface area contributed by atoms with Gasteiger partial charge < -0.3 is 10.7 Å². The zero-order valence-corrected chi connectivity index (χ0v) is 9.36. The Morgan fingerprint density at radius 2 is 2.06 bits per heavy atom. The van der Waals surface area contributed by atoms with Crippen molar-refractivity contribution >= 4 is 11.4 Å². The molecule has 0 bridgehead atoms. The third-order valence-corrected chi connectivity index (χ3v) is 2.43. The molecule has 0 aliphatic carbocycles. The Balaban J connectivity index is 2.74. The topological polar surface area (TPSA) is 79.0 Å². The number of nitro groups is 1. The third-order valence-electron chi connectivity index (χ3n) is 2.43. The fraction of sp³-hybridized carbons (Fsp3) is 0.364. The Kier molecular flexibility index (Phi) is 4.13. The molecule has 0 heterocycles. The fourth-order valence-electron chi connectivity index (χ4n) is 1.31. The summed E-state index contributed by atoms with van der Waals surface area (Å²) >= 11 is 0. The molecule has 0 aliphatic heterocycles. The lowest BCUT2D eigenvalue weighted by molar-refractivity contribution is -0.384. The number of nitrogens with one attached hydrogen (secondary N) is 2. The van der Waals surface area contributed by atoms with Crippen LogP contribution in [-0.4, -0.2) is 23.7 Å². The van der Waals surface area contributed by atoms with E-state index in [0.717, 1.165) is 5.56 Å². The SMILES string of the molecule is CN[C@H](C)CC(=N)c1ccc([N+](=O)[O-])cc1. The highest BCUT2D eigenvalue weighted by Crippen LogP contribution is 2.13. The number of benzene rings is 1. The molecule has 5 heteroatoms. The van der Waals surface area contributed by atoms with Crippen molar-refractivity contribution in [3.63, 3.8) is 0 Å². The highest BCUT2D eigenvalue weighted by atomic mass is 16.6. The van der Waals surface area contributed by atoms with Crippen LogP contribution in [0.3, 0.4) is 0 Å². The molecule has 0 saturated heterocycles. The van der Waals surface area contributed by atoms with Gasteiger partial charge in [0.1, 0.15) is 0 Å². The van der Waals surface area contributed by atoms with E-state index in [1.807, 2.05) is 14.0 Å². The Morgan fingerprint density at radius 3 is 2.50 bits per heavy atom. The molecule has 1 aromatic rings. The van der Waals surface area contributed by atoms with Gasteiger partial charge >= 0.3 is 0 Å². The molecule has 1 rings (SSSR count). The highest BCUT2D eigenvalue weighted by molar-refractivity contribution is 5.98. The maximum Gasteiger partial charge on any atom is 0.269 e. The summed E-state index contributed by atoms with van der Waals surface area (Å²) in [5, 5.41) is 21.3. The Bertz CT molecular complexity index is 387. The van der Waals surface area contributed by atoms with E-state index in [2.05, 4.69) is 5.32 Å². The molecule has 2 N–H and O–H groups in total. The van der Waals surface area contributed by atoms with Gasteiger partial charge in [0.05, 0.1) is 4.92 Å². The van der Waals surface area contributed by atoms with Crippen LogP contribution < -0.4 is 5.32 Å². The summed E-state index contributed by atoms with van der Waals surface area (Å²) < 4.78 is 0. The molecule has 1 aromatic carbocycles. The zero-order valence-electron chi connectivity index (χ0n) is 9.36. The molecular formula is C11H15N3O2. The van der Waals surface area contributed by atoms with Crippen LogP contribution in [-0.2, 0) is 0 Å². The van der Waals surface area contributed by atoms with Gasteiger partial charge in [-0.25, -0.2) is 0 Å². The van der Waals surface area contributed by atoms with Gasteiger partial charge in [0, 0.05) is 30.3 Å². The highest BCUT2D eigenvalue weighted by Gasteiger charge is 2.08. The molecule has 0 radical (unpaired) electrons. The minimum Gasteiger partial charge on any atom is -0.317 e. The average molecular weight is 221 g/mol. The number of nitrogens with zero attached hydrogens (tertiary/aromatic N) is 1. The zero-order chi connectivity index (χ0) is 12.1. The van der Waals surface area contributed by atoms with Gasteiger partial charge in [0.25, 0.3) is 5.69 Å². The first-order chi connectivity index (χ1) is 7.54.